The second-order valence-corrected chi connectivity index (χ2v) is 6.01. The molecular formula is C14H15ClN2OS. The minimum atomic E-state index is -0.0895. The second kappa shape index (κ2) is 6.59. The lowest BCUT2D eigenvalue weighted by atomic mass is 10.2. The maximum absolute atomic E-state index is 11.9. The highest BCUT2D eigenvalue weighted by Crippen LogP contribution is 2.22. The highest BCUT2D eigenvalue weighted by Gasteiger charge is 2.09. The summed E-state index contributed by atoms with van der Waals surface area (Å²) in [5, 5.41) is 2.88. The number of carbonyl (C=O) groups excluding carboxylic acids is 1. The van der Waals surface area contributed by atoms with Crippen LogP contribution in [-0.2, 0) is 13.1 Å². The topological polar surface area (TPSA) is 32.3 Å². The lowest BCUT2D eigenvalue weighted by molar-refractivity contribution is 0.207. The van der Waals surface area contributed by atoms with Crippen molar-refractivity contribution in [1.29, 1.82) is 0 Å². The number of benzene rings is 1. The monoisotopic (exact) mass is 294 g/mol. The lowest BCUT2D eigenvalue weighted by Gasteiger charge is -2.17. The second-order valence-electron chi connectivity index (χ2n) is 4.21. The number of nitrogens with one attached hydrogen (secondary N) is 1. The molecule has 100 valence electrons. The van der Waals surface area contributed by atoms with Gasteiger partial charge in [-0.15, -0.1) is 11.3 Å². The van der Waals surface area contributed by atoms with E-state index in [9.17, 15) is 4.79 Å². The fourth-order valence-corrected chi connectivity index (χ4v) is 2.79. The van der Waals surface area contributed by atoms with Crippen molar-refractivity contribution >= 4 is 29.0 Å². The fraction of sp³-hybridized carbons (Fsp3) is 0.214. The van der Waals surface area contributed by atoms with Crippen LogP contribution in [0.25, 0.3) is 0 Å². The summed E-state index contributed by atoms with van der Waals surface area (Å²) in [4.78, 5) is 14.6. The van der Waals surface area contributed by atoms with E-state index in [1.807, 2.05) is 42.5 Å². The zero-order valence-corrected chi connectivity index (χ0v) is 12.2. The Bertz CT molecular complexity index is 541. The van der Waals surface area contributed by atoms with Crippen LogP contribution in [0.4, 0.5) is 4.79 Å². The molecule has 0 aliphatic heterocycles. The lowest BCUT2D eigenvalue weighted by Crippen LogP contribution is -2.36. The Morgan fingerprint density at radius 1 is 1.26 bits per heavy atom. The minimum absolute atomic E-state index is 0.0895. The van der Waals surface area contributed by atoms with Crippen LogP contribution >= 0.6 is 22.9 Å². The van der Waals surface area contributed by atoms with E-state index in [2.05, 4.69) is 5.32 Å². The summed E-state index contributed by atoms with van der Waals surface area (Å²) < 4.78 is 0.744. The van der Waals surface area contributed by atoms with Gasteiger partial charge in [0.05, 0.1) is 10.9 Å². The van der Waals surface area contributed by atoms with Crippen molar-refractivity contribution in [2.45, 2.75) is 13.1 Å². The molecule has 0 saturated carbocycles. The van der Waals surface area contributed by atoms with E-state index >= 15 is 0 Å². The van der Waals surface area contributed by atoms with Crippen LogP contribution in [0.5, 0.6) is 0 Å². The molecule has 0 saturated heterocycles. The third-order valence-electron chi connectivity index (χ3n) is 2.66. The van der Waals surface area contributed by atoms with Crippen LogP contribution in [0.2, 0.25) is 4.34 Å². The Kier molecular flexibility index (Phi) is 4.82. The molecule has 0 unspecified atom stereocenters. The Hall–Kier alpha value is -1.52. The van der Waals surface area contributed by atoms with Gasteiger partial charge in [-0.2, -0.15) is 0 Å². The van der Waals surface area contributed by atoms with E-state index in [1.165, 1.54) is 11.3 Å². The molecule has 1 aromatic carbocycles. The van der Waals surface area contributed by atoms with Crippen LogP contribution in [-0.4, -0.2) is 18.0 Å². The smallest absolute Gasteiger partial charge is 0.317 e. The molecule has 2 amide bonds. The van der Waals surface area contributed by atoms with Crippen LogP contribution in [0.15, 0.2) is 42.5 Å². The summed E-state index contributed by atoms with van der Waals surface area (Å²) in [6, 6.07) is 13.5. The molecule has 1 heterocycles. The maximum Gasteiger partial charge on any atom is 0.317 e. The maximum atomic E-state index is 11.9. The predicted octanol–water partition coefficient (Wildman–Crippen LogP) is 3.74. The van der Waals surface area contributed by atoms with Crippen molar-refractivity contribution in [1.82, 2.24) is 10.2 Å². The molecule has 1 N–H and O–H groups in total. The molecule has 3 nitrogen and oxygen atoms in total. The number of rotatable bonds is 4. The summed E-state index contributed by atoms with van der Waals surface area (Å²) in [5.74, 6) is 0. The average Bonchev–Trinajstić information content (AvgIpc) is 2.82. The molecular weight excluding hydrogens is 280 g/mol. The van der Waals surface area contributed by atoms with Gasteiger partial charge in [0.1, 0.15) is 0 Å². The van der Waals surface area contributed by atoms with E-state index in [0.29, 0.717) is 13.1 Å². The van der Waals surface area contributed by atoms with Gasteiger partial charge >= 0.3 is 6.03 Å². The Labute approximate surface area is 121 Å². The predicted molar refractivity (Wildman–Crippen MR) is 79.5 cm³/mol. The van der Waals surface area contributed by atoms with Crippen molar-refractivity contribution in [3.63, 3.8) is 0 Å². The molecule has 1 aromatic heterocycles. The molecule has 0 atom stereocenters. The zero-order valence-electron chi connectivity index (χ0n) is 10.6. The molecule has 0 aliphatic carbocycles. The Balaban J connectivity index is 1.82. The summed E-state index contributed by atoms with van der Waals surface area (Å²) in [7, 11) is 1.77. The number of hydrogen-bond acceptors (Lipinski definition) is 2. The van der Waals surface area contributed by atoms with Gasteiger partial charge in [0.2, 0.25) is 0 Å². The number of thiophene rings is 1. The molecule has 2 aromatic rings. The van der Waals surface area contributed by atoms with Crippen molar-refractivity contribution in [2.75, 3.05) is 7.05 Å². The quantitative estimate of drug-likeness (QED) is 0.915. The van der Waals surface area contributed by atoms with Gasteiger partial charge in [0.25, 0.3) is 0 Å². The third-order valence-corrected chi connectivity index (χ3v) is 3.87. The Morgan fingerprint density at radius 3 is 2.63 bits per heavy atom. The summed E-state index contributed by atoms with van der Waals surface area (Å²) in [5.41, 5.74) is 1.09. The van der Waals surface area contributed by atoms with Gasteiger partial charge in [-0.05, 0) is 17.7 Å². The standard InChI is InChI=1S/C14H15ClN2OS/c1-17(10-12-7-8-13(15)19-12)14(18)16-9-11-5-3-2-4-6-11/h2-8H,9-10H2,1H3,(H,16,18). The van der Waals surface area contributed by atoms with Gasteiger partial charge in [0, 0.05) is 18.5 Å². The first-order chi connectivity index (χ1) is 9.15. The molecule has 0 bridgehead atoms. The third kappa shape index (κ3) is 4.26. The van der Waals surface area contributed by atoms with Gasteiger partial charge in [-0.25, -0.2) is 4.79 Å². The summed E-state index contributed by atoms with van der Waals surface area (Å²) in [6.45, 7) is 1.10. The average molecular weight is 295 g/mol. The van der Waals surface area contributed by atoms with Crippen molar-refractivity contribution in [3.05, 3.63) is 57.2 Å². The van der Waals surface area contributed by atoms with Gasteiger partial charge < -0.3 is 10.2 Å². The van der Waals surface area contributed by atoms with Crippen LogP contribution in [0, 0.1) is 0 Å². The summed E-state index contributed by atoms with van der Waals surface area (Å²) in [6.07, 6.45) is 0. The molecule has 2 rings (SSSR count). The largest absolute Gasteiger partial charge is 0.334 e. The van der Waals surface area contributed by atoms with Gasteiger partial charge in [-0.1, -0.05) is 41.9 Å². The van der Waals surface area contributed by atoms with Crippen molar-refractivity contribution in [3.8, 4) is 0 Å². The molecule has 0 radical (unpaired) electrons. The van der Waals surface area contributed by atoms with Gasteiger partial charge in [-0.3, -0.25) is 0 Å². The molecule has 19 heavy (non-hydrogen) atoms. The number of halogens is 1. The molecule has 0 fully saturated rings. The van der Waals surface area contributed by atoms with Gasteiger partial charge in [0.15, 0.2) is 0 Å². The number of nitrogens with zero attached hydrogens (tertiary/aromatic N) is 1. The number of carbonyl (C=O) groups is 1. The number of urea groups is 1. The first-order valence-electron chi connectivity index (χ1n) is 5.92. The number of amides is 2. The molecule has 0 aliphatic rings. The zero-order chi connectivity index (χ0) is 13.7. The minimum Gasteiger partial charge on any atom is -0.334 e. The first kappa shape index (κ1) is 13.9. The first-order valence-corrected chi connectivity index (χ1v) is 7.11. The van der Waals surface area contributed by atoms with E-state index in [-0.39, 0.29) is 6.03 Å². The highest BCUT2D eigenvalue weighted by atomic mass is 35.5. The summed E-state index contributed by atoms with van der Waals surface area (Å²) >= 11 is 7.36. The fourth-order valence-electron chi connectivity index (χ4n) is 1.65. The highest BCUT2D eigenvalue weighted by molar-refractivity contribution is 7.16. The molecule has 5 heteroatoms. The van der Waals surface area contributed by atoms with E-state index in [0.717, 1.165) is 14.8 Å². The number of hydrogen-bond donors (Lipinski definition) is 1. The van der Waals surface area contributed by atoms with Crippen LogP contribution in [0.3, 0.4) is 0 Å². The Morgan fingerprint density at radius 2 is 2.00 bits per heavy atom. The van der Waals surface area contributed by atoms with E-state index in [1.54, 1.807) is 11.9 Å². The molecule has 0 spiro atoms. The van der Waals surface area contributed by atoms with Crippen LogP contribution in [0.1, 0.15) is 10.4 Å². The van der Waals surface area contributed by atoms with E-state index in [4.69, 9.17) is 11.6 Å². The van der Waals surface area contributed by atoms with E-state index < -0.39 is 0 Å². The van der Waals surface area contributed by atoms with Crippen molar-refractivity contribution in [2.24, 2.45) is 0 Å². The normalized spacial score (nSPS) is 10.2. The van der Waals surface area contributed by atoms with Crippen LogP contribution < -0.4 is 5.32 Å². The van der Waals surface area contributed by atoms with Crippen molar-refractivity contribution < 1.29 is 4.79 Å². The SMILES string of the molecule is CN(Cc1ccc(Cl)s1)C(=O)NCc1ccccc1.